The molecule has 16 heavy (non-hydrogen) atoms. The molecule has 84 valence electrons. The van der Waals surface area contributed by atoms with Crippen molar-refractivity contribution in [2.45, 2.75) is 13.0 Å². The van der Waals surface area contributed by atoms with Crippen molar-refractivity contribution in [3.8, 4) is 6.07 Å². The van der Waals surface area contributed by atoms with Crippen molar-refractivity contribution in [2.24, 2.45) is 7.05 Å². The molecule has 4 nitrogen and oxygen atoms in total. The number of likely N-dealkylation sites (N-methyl/N-ethyl adjacent to an activating group) is 1. The monoisotopic (exact) mass is 234 g/mol. The first kappa shape index (κ1) is 11.1. The minimum absolute atomic E-state index is 0.482. The van der Waals surface area contributed by atoms with Gasteiger partial charge >= 0.3 is 0 Å². The third-order valence-electron chi connectivity index (χ3n) is 3.13. The maximum atomic E-state index is 9.16. The highest BCUT2D eigenvalue weighted by molar-refractivity contribution is 7.71. The fourth-order valence-electron chi connectivity index (χ4n) is 2.13. The summed E-state index contributed by atoms with van der Waals surface area (Å²) in [6.45, 7) is 1.75. The zero-order valence-corrected chi connectivity index (χ0v) is 10.3. The number of aromatic nitrogens is 1. The maximum absolute atomic E-state index is 9.16. The van der Waals surface area contributed by atoms with Gasteiger partial charge in [-0.2, -0.15) is 5.26 Å². The molecule has 0 saturated heterocycles. The van der Waals surface area contributed by atoms with E-state index in [2.05, 4.69) is 18.0 Å². The van der Waals surface area contributed by atoms with Gasteiger partial charge < -0.3 is 15.2 Å². The van der Waals surface area contributed by atoms with Crippen molar-refractivity contribution in [3.05, 3.63) is 21.3 Å². The molecule has 1 aromatic rings. The van der Waals surface area contributed by atoms with Crippen molar-refractivity contribution in [3.63, 3.8) is 0 Å². The molecular formula is C11H14N4S. The molecule has 0 atom stereocenters. The van der Waals surface area contributed by atoms with E-state index in [0.717, 1.165) is 35.3 Å². The van der Waals surface area contributed by atoms with Crippen molar-refractivity contribution in [1.82, 2.24) is 9.47 Å². The largest absolute Gasteiger partial charge is 0.384 e. The van der Waals surface area contributed by atoms with Gasteiger partial charge in [0.2, 0.25) is 0 Å². The third kappa shape index (κ3) is 1.51. The van der Waals surface area contributed by atoms with Gasteiger partial charge in [0.1, 0.15) is 16.5 Å². The lowest BCUT2D eigenvalue weighted by Crippen LogP contribution is -2.29. The Bertz CT molecular complexity index is 538. The molecular weight excluding hydrogens is 220 g/mol. The highest BCUT2D eigenvalue weighted by atomic mass is 32.1. The van der Waals surface area contributed by atoms with E-state index in [0.29, 0.717) is 11.4 Å². The van der Waals surface area contributed by atoms with Crippen molar-refractivity contribution in [2.75, 3.05) is 19.3 Å². The smallest absolute Gasteiger partial charge is 0.122 e. The molecule has 1 aliphatic heterocycles. The highest BCUT2D eigenvalue weighted by Gasteiger charge is 2.21. The number of nitrogen functional groups attached to an aromatic ring is 1. The minimum atomic E-state index is 0.482. The average molecular weight is 234 g/mol. The Balaban J connectivity index is 2.78. The first-order chi connectivity index (χ1) is 7.56. The maximum Gasteiger partial charge on any atom is 0.122 e. The van der Waals surface area contributed by atoms with Gasteiger partial charge in [0.05, 0.1) is 5.56 Å². The van der Waals surface area contributed by atoms with E-state index in [1.165, 1.54) is 0 Å². The summed E-state index contributed by atoms with van der Waals surface area (Å²) in [7, 11) is 3.87. The molecule has 2 N–H and O–H groups in total. The second-order valence-corrected chi connectivity index (χ2v) is 4.57. The van der Waals surface area contributed by atoms with Crippen LogP contribution in [0.5, 0.6) is 0 Å². The van der Waals surface area contributed by atoms with Crippen molar-refractivity contribution in [1.29, 1.82) is 5.26 Å². The molecule has 1 aromatic heterocycles. The normalized spacial score (nSPS) is 15.6. The second kappa shape index (κ2) is 3.89. The molecule has 0 fully saturated rings. The van der Waals surface area contributed by atoms with Gasteiger partial charge in [0.15, 0.2) is 0 Å². The summed E-state index contributed by atoms with van der Waals surface area (Å²) < 4.78 is 2.48. The summed E-state index contributed by atoms with van der Waals surface area (Å²) in [6, 6.07) is 2.20. The number of fused-ring (bicyclic) bond motifs is 1. The highest BCUT2D eigenvalue weighted by Crippen LogP contribution is 2.26. The molecule has 0 aromatic carbocycles. The number of pyridine rings is 1. The SMILES string of the molecule is CN1CCc2c(C#N)c(N)n(C)c(=S)c2C1. The molecule has 0 unspecified atom stereocenters. The Kier molecular flexibility index (Phi) is 2.70. The molecule has 0 aliphatic carbocycles. The van der Waals surface area contributed by atoms with Crippen LogP contribution in [0.2, 0.25) is 0 Å². The van der Waals surface area contributed by atoms with Crippen LogP contribution < -0.4 is 5.73 Å². The fourth-order valence-corrected chi connectivity index (χ4v) is 2.42. The summed E-state index contributed by atoms with van der Waals surface area (Å²) in [5.74, 6) is 0.482. The number of nitrogens with zero attached hydrogens (tertiary/aromatic N) is 3. The number of nitriles is 1. The van der Waals surface area contributed by atoms with Crippen LogP contribution >= 0.6 is 12.2 Å². The summed E-state index contributed by atoms with van der Waals surface area (Å²) in [4.78, 5) is 2.20. The standard InChI is InChI=1S/C11H14N4S/c1-14-4-3-7-8(5-12)10(13)15(2)11(16)9(7)6-14/h3-4,6,13H2,1-2H3. The summed E-state index contributed by atoms with van der Waals surface area (Å²) >= 11 is 5.37. The van der Waals surface area contributed by atoms with Crippen LogP contribution in [0.15, 0.2) is 0 Å². The molecule has 0 spiro atoms. The van der Waals surface area contributed by atoms with Gasteiger partial charge in [0.25, 0.3) is 0 Å². The molecule has 2 heterocycles. The Morgan fingerprint density at radius 3 is 2.69 bits per heavy atom. The van der Waals surface area contributed by atoms with Crippen LogP contribution in [0.4, 0.5) is 5.82 Å². The zero-order valence-electron chi connectivity index (χ0n) is 9.45. The van der Waals surface area contributed by atoms with Crippen LogP contribution in [0.3, 0.4) is 0 Å². The van der Waals surface area contributed by atoms with E-state index in [1.54, 1.807) is 4.57 Å². The second-order valence-electron chi connectivity index (χ2n) is 4.18. The van der Waals surface area contributed by atoms with Gasteiger partial charge in [0, 0.05) is 25.7 Å². The summed E-state index contributed by atoms with van der Waals surface area (Å²) in [5, 5.41) is 9.16. The first-order valence-electron chi connectivity index (χ1n) is 5.15. The Morgan fingerprint density at radius 1 is 1.38 bits per heavy atom. The van der Waals surface area contributed by atoms with Gasteiger partial charge in [-0.15, -0.1) is 0 Å². The van der Waals surface area contributed by atoms with E-state index >= 15 is 0 Å². The van der Waals surface area contributed by atoms with Crippen molar-refractivity contribution < 1.29 is 0 Å². The van der Waals surface area contributed by atoms with Gasteiger partial charge in [-0.3, -0.25) is 0 Å². The topological polar surface area (TPSA) is 58.0 Å². The van der Waals surface area contributed by atoms with E-state index < -0.39 is 0 Å². The predicted molar refractivity (Wildman–Crippen MR) is 65.4 cm³/mol. The lowest BCUT2D eigenvalue weighted by molar-refractivity contribution is 0.311. The summed E-state index contributed by atoms with van der Waals surface area (Å²) in [6.07, 6.45) is 0.851. The van der Waals surface area contributed by atoms with E-state index in [4.69, 9.17) is 23.2 Å². The quantitative estimate of drug-likeness (QED) is 0.685. The van der Waals surface area contributed by atoms with Gasteiger partial charge in [-0.05, 0) is 19.0 Å². The number of rotatable bonds is 0. The molecule has 0 radical (unpaired) electrons. The number of nitrogens with two attached hydrogens (primary N) is 1. The van der Waals surface area contributed by atoms with Crippen molar-refractivity contribution >= 4 is 18.0 Å². The minimum Gasteiger partial charge on any atom is -0.384 e. The lowest BCUT2D eigenvalue weighted by atomic mass is 9.97. The fraction of sp³-hybridized carbons (Fsp3) is 0.455. The average Bonchev–Trinajstić information content (AvgIpc) is 2.28. The first-order valence-corrected chi connectivity index (χ1v) is 5.56. The van der Waals surface area contributed by atoms with Crippen LogP contribution in [-0.2, 0) is 20.0 Å². The van der Waals surface area contributed by atoms with Crippen LogP contribution in [0.1, 0.15) is 16.7 Å². The Hall–Kier alpha value is -1.38. The predicted octanol–water partition coefficient (Wildman–Crippen LogP) is 1.20. The molecule has 2 rings (SSSR count). The number of anilines is 1. The van der Waals surface area contributed by atoms with Crippen LogP contribution in [0, 0.1) is 16.0 Å². The Labute approximate surface area is 99.9 Å². The van der Waals surface area contributed by atoms with E-state index in [-0.39, 0.29) is 0 Å². The third-order valence-corrected chi connectivity index (χ3v) is 3.65. The molecule has 0 amide bonds. The zero-order chi connectivity index (χ0) is 11.9. The molecule has 5 heteroatoms. The molecule has 0 bridgehead atoms. The summed E-state index contributed by atoms with van der Waals surface area (Å²) in [5.41, 5.74) is 8.63. The molecule has 1 aliphatic rings. The van der Waals surface area contributed by atoms with Gasteiger partial charge in [-0.1, -0.05) is 12.2 Å². The molecule has 0 saturated carbocycles. The van der Waals surface area contributed by atoms with Gasteiger partial charge in [-0.25, -0.2) is 0 Å². The number of hydrogen-bond acceptors (Lipinski definition) is 4. The Morgan fingerprint density at radius 2 is 2.06 bits per heavy atom. The van der Waals surface area contributed by atoms with Crippen LogP contribution in [-0.4, -0.2) is 23.1 Å². The number of hydrogen-bond donors (Lipinski definition) is 1. The van der Waals surface area contributed by atoms with E-state index in [9.17, 15) is 0 Å². The van der Waals surface area contributed by atoms with E-state index in [1.807, 2.05) is 7.05 Å². The lowest BCUT2D eigenvalue weighted by Gasteiger charge is -2.27. The van der Waals surface area contributed by atoms with Crippen LogP contribution in [0.25, 0.3) is 0 Å².